The molecule has 0 radical (unpaired) electrons. The maximum Gasteiger partial charge on any atom is 0.152 e. The third kappa shape index (κ3) is 2.47. The van der Waals surface area contributed by atoms with Gasteiger partial charge in [0.1, 0.15) is 17.3 Å². The summed E-state index contributed by atoms with van der Waals surface area (Å²) in [5.41, 5.74) is 5.38. The Morgan fingerprint density at radius 3 is 2.24 bits per heavy atom. The standard InChI is InChI=1S/C11H8F3N3/c12-6-3-8(13)11(9(14)4-6)17-10-2-1-7(15)5-16-10/h1-5H,15H2,(H,16,17). The van der Waals surface area contributed by atoms with Crippen LogP contribution in [0.1, 0.15) is 0 Å². The van der Waals surface area contributed by atoms with Crippen molar-refractivity contribution in [2.45, 2.75) is 0 Å². The fourth-order valence-electron chi connectivity index (χ4n) is 1.27. The molecule has 0 unspecified atom stereocenters. The minimum atomic E-state index is -1.03. The summed E-state index contributed by atoms with van der Waals surface area (Å²) in [6.45, 7) is 0. The molecule has 88 valence electrons. The van der Waals surface area contributed by atoms with Gasteiger partial charge in [-0.25, -0.2) is 18.2 Å². The largest absolute Gasteiger partial charge is 0.397 e. The Kier molecular flexibility index (Phi) is 2.86. The number of hydrogen-bond acceptors (Lipinski definition) is 3. The van der Waals surface area contributed by atoms with Crippen molar-refractivity contribution in [1.29, 1.82) is 0 Å². The first-order valence-corrected chi connectivity index (χ1v) is 4.69. The molecule has 0 saturated carbocycles. The maximum atomic E-state index is 13.3. The number of anilines is 3. The van der Waals surface area contributed by atoms with Crippen LogP contribution in [-0.4, -0.2) is 4.98 Å². The highest BCUT2D eigenvalue weighted by Crippen LogP contribution is 2.23. The molecule has 0 fully saturated rings. The molecular weight excluding hydrogens is 231 g/mol. The first-order chi connectivity index (χ1) is 8.06. The van der Waals surface area contributed by atoms with E-state index in [1.165, 1.54) is 18.3 Å². The normalized spacial score (nSPS) is 10.3. The fourth-order valence-corrected chi connectivity index (χ4v) is 1.27. The van der Waals surface area contributed by atoms with E-state index in [1.54, 1.807) is 0 Å². The number of hydrogen-bond donors (Lipinski definition) is 2. The van der Waals surface area contributed by atoms with Crippen LogP contribution in [0.15, 0.2) is 30.5 Å². The highest BCUT2D eigenvalue weighted by atomic mass is 19.1. The van der Waals surface area contributed by atoms with Crippen LogP contribution in [0, 0.1) is 17.5 Å². The molecule has 0 saturated heterocycles. The van der Waals surface area contributed by atoms with Crippen LogP contribution < -0.4 is 11.1 Å². The van der Waals surface area contributed by atoms with E-state index in [1.807, 2.05) is 0 Å². The molecule has 0 amide bonds. The van der Waals surface area contributed by atoms with Crippen molar-refractivity contribution in [2.24, 2.45) is 0 Å². The summed E-state index contributed by atoms with van der Waals surface area (Å²) in [4.78, 5) is 3.82. The summed E-state index contributed by atoms with van der Waals surface area (Å²) in [7, 11) is 0. The van der Waals surface area contributed by atoms with E-state index >= 15 is 0 Å². The van der Waals surface area contributed by atoms with Gasteiger partial charge in [0, 0.05) is 12.1 Å². The van der Waals surface area contributed by atoms with Gasteiger partial charge in [0.2, 0.25) is 0 Å². The van der Waals surface area contributed by atoms with Crippen molar-refractivity contribution in [2.75, 3.05) is 11.1 Å². The summed E-state index contributed by atoms with van der Waals surface area (Å²) in [6, 6.07) is 4.15. The highest BCUT2D eigenvalue weighted by molar-refractivity contribution is 5.58. The molecule has 1 heterocycles. The molecule has 1 aromatic carbocycles. The number of benzene rings is 1. The van der Waals surface area contributed by atoms with Crippen LogP contribution in [-0.2, 0) is 0 Å². The molecular formula is C11H8F3N3. The molecule has 1 aromatic heterocycles. The average Bonchev–Trinajstić information content (AvgIpc) is 2.26. The van der Waals surface area contributed by atoms with Gasteiger partial charge in [0.25, 0.3) is 0 Å². The molecule has 6 heteroatoms. The minimum absolute atomic E-state index is 0.212. The lowest BCUT2D eigenvalue weighted by Crippen LogP contribution is -2.00. The number of nitrogens with one attached hydrogen (secondary N) is 1. The number of nitrogens with zero attached hydrogens (tertiary/aromatic N) is 1. The van der Waals surface area contributed by atoms with Gasteiger partial charge >= 0.3 is 0 Å². The number of nitrogen functional groups attached to an aromatic ring is 1. The molecule has 0 spiro atoms. The molecule has 0 aliphatic carbocycles. The number of rotatable bonds is 2. The summed E-state index contributed by atoms with van der Waals surface area (Å²) in [5, 5.41) is 2.41. The molecule has 2 rings (SSSR count). The summed E-state index contributed by atoms with van der Waals surface area (Å²) < 4.78 is 39.2. The van der Waals surface area contributed by atoms with Crippen LogP contribution >= 0.6 is 0 Å². The smallest absolute Gasteiger partial charge is 0.152 e. The van der Waals surface area contributed by atoms with Crippen molar-refractivity contribution in [3.8, 4) is 0 Å². The fraction of sp³-hybridized carbons (Fsp3) is 0. The summed E-state index contributed by atoms with van der Waals surface area (Å²) >= 11 is 0. The third-order valence-corrected chi connectivity index (χ3v) is 2.05. The Morgan fingerprint density at radius 2 is 1.71 bits per heavy atom. The van der Waals surface area contributed by atoms with E-state index in [9.17, 15) is 13.2 Å². The lowest BCUT2D eigenvalue weighted by molar-refractivity contribution is 0.549. The topological polar surface area (TPSA) is 50.9 Å². The van der Waals surface area contributed by atoms with Gasteiger partial charge in [0.15, 0.2) is 11.6 Å². The minimum Gasteiger partial charge on any atom is -0.397 e. The number of halogens is 3. The lowest BCUT2D eigenvalue weighted by Gasteiger charge is -2.08. The molecule has 17 heavy (non-hydrogen) atoms. The summed E-state index contributed by atoms with van der Waals surface area (Å²) in [6.07, 6.45) is 1.33. The predicted molar refractivity (Wildman–Crippen MR) is 58.2 cm³/mol. The van der Waals surface area contributed by atoms with Crippen molar-refractivity contribution < 1.29 is 13.2 Å². The van der Waals surface area contributed by atoms with Crippen LogP contribution in [0.2, 0.25) is 0 Å². The van der Waals surface area contributed by atoms with E-state index in [-0.39, 0.29) is 5.82 Å². The Labute approximate surface area is 95.1 Å². The maximum absolute atomic E-state index is 13.3. The molecule has 2 aromatic rings. The Morgan fingerprint density at radius 1 is 1.06 bits per heavy atom. The number of nitrogens with two attached hydrogens (primary N) is 1. The zero-order valence-electron chi connectivity index (χ0n) is 8.55. The SMILES string of the molecule is Nc1ccc(Nc2c(F)cc(F)cc2F)nc1. The quantitative estimate of drug-likeness (QED) is 0.847. The molecule has 3 nitrogen and oxygen atoms in total. The first-order valence-electron chi connectivity index (χ1n) is 4.69. The van der Waals surface area contributed by atoms with E-state index < -0.39 is 23.1 Å². The third-order valence-electron chi connectivity index (χ3n) is 2.05. The van der Waals surface area contributed by atoms with Crippen LogP contribution in [0.4, 0.5) is 30.4 Å². The Balaban J connectivity index is 2.33. The molecule has 0 atom stereocenters. The van der Waals surface area contributed by atoms with Gasteiger partial charge in [-0.1, -0.05) is 0 Å². The number of pyridine rings is 1. The Bertz CT molecular complexity index is 517. The van der Waals surface area contributed by atoms with Gasteiger partial charge < -0.3 is 11.1 Å². The monoisotopic (exact) mass is 239 g/mol. The van der Waals surface area contributed by atoms with Crippen molar-refractivity contribution in [3.63, 3.8) is 0 Å². The molecule has 0 aliphatic heterocycles. The van der Waals surface area contributed by atoms with Crippen LogP contribution in [0.5, 0.6) is 0 Å². The predicted octanol–water partition coefficient (Wildman–Crippen LogP) is 2.82. The highest BCUT2D eigenvalue weighted by Gasteiger charge is 2.11. The van der Waals surface area contributed by atoms with Crippen molar-refractivity contribution in [3.05, 3.63) is 47.9 Å². The van der Waals surface area contributed by atoms with Crippen molar-refractivity contribution >= 4 is 17.2 Å². The lowest BCUT2D eigenvalue weighted by atomic mass is 10.2. The second kappa shape index (κ2) is 4.32. The van der Waals surface area contributed by atoms with Gasteiger partial charge in [-0.05, 0) is 12.1 Å². The molecule has 0 aliphatic rings. The van der Waals surface area contributed by atoms with E-state index in [0.29, 0.717) is 17.8 Å². The van der Waals surface area contributed by atoms with Gasteiger partial charge in [-0.3, -0.25) is 0 Å². The van der Waals surface area contributed by atoms with Crippen LogP contribution in [0.25, 0.3) is 0 Å². The van der Waals surface area contributed by atoms with E-state index in [0.717, 1.165) is 0 Å². The zero-order valence-corrected chi connectivity index (χ0v) is 8.55. The second-order valence-electron chi connectivity index (χ2n) is 3.35. The number of aromatic nitrogens is 1. The second-order valence-corrected chi connectivity index (χ2v) is 3.35. The van der Waals surface area contributed by atoms with Crippen molar-refractivity contribution in [1.82, 2.24) is 4.98 Å². The van der Waals surface area contributed by atoms with Crippen LogP contribution in [0.3, 0.4) is 0 Å². The van der Waals surface area contributed by atoms with Gasteiger partial charge in [-0.2, -0.15) is 0 Å². The van der Waals surface area contributed by atoms with Gasteiger partial charge in [0.05, 0.1) is 11.9 Å². The molecule has 3 N–H and O–H groups in total. The van der Waals surface area contributed by atoms with Gasteiger partial charge in [-0.15, -0.1) is 0 Å². The Hall–Kier alpha value is -2.24. The van der Waals surface area contributed by atoms with E-state index in [4.69, 9.17) is 5.73 Å². The van der Waals surface area contributed by atoms with E-state index in [2.05, 4.69) is 10.3 Å². The first kappa shape index (κ1) is 11.3. The summed E-state index contributed by atoms with van der Waals surface area (Å²) in [5.74, 6) is -2.82. The zero-order chi connectivity index (χ0) is 12.4. The average molecular weight is 239 g/mol. The molecule has 0 bridgehead atoms.